The number of sulfone groups is 1. The first-order valence-electron chi connectivity index (χ1n) is 10.6. The van der Waals surface area contributed by atoms with Gasteiger partial charge in [-0.2, -0.15) is 0 Å². The fraction of sp³-hybridized carbons (Fsp3) is 0.478. The maximum absolute atomic E-state index is 12.9. The monoisotopic (exact) mass is 412 g/mol. The highest BCUT2D eigenvalue weighted by Gasteiger charge is 2.30. The van der Waals surface area contributed by atoms with Crippen molar-refractivity contribution in [3.8, 4) is 0 Å². The maximum atomic E-state index is 12.9. The van der Waals surface area contributed by atoms with E-state index in [9.17, 15) is 13.2 Å². The Balaban J connectivity index is 1.40. The largest absolute Gasteiger partial charge is 0.300 e. The highest BCUT2D eigenvalue weighted by molar-refractivity contribution is 7.91. The average molecular weight is 413 g/mol. The molecule has 1 aromatic heterocycles. The zero-order valence-corrected chi connectivity index (χ0v) is 17.5. The van der Waals surface area contributed by atoms with Crippen LogP contribution in [-0.2, 0) is 9.84 Å². The minimum Gasteiger partial charge on any atom is -0.300 e. The van der Waals surface area contributed by atoms with E-state index in [-0.39, 0.29) is 21.6 Å². The second-order valence-corrected chi connectivity index (χ2v) is 10.1. The Kier molecular flexibility index (Phi) is 6.11. The number of piperidine rings is 1. The third-order valence-corrected chi connectivity index (χ3v) is 8.04. The van der Waals surface area contributed by atoms with Crippen molar-refractivity contribution < 1.29 is 13.2 Å². The summed E-state index contributed by atoms with van der Waals surface area (Å²) >= 11 is 0. The molecule has 154 valence electrons. The van der Waals surface area contributed by atoms with Gasteiger partial charge in [0.1, 0.15) is 0 Å². The van der Waals surface area contributed by atoms with Gasteiger partial charge in [-0.3, -0.25) is 4.79 Å². The standard InChI is InChI=1S/C23H28N2O3S/c26-23(19-13-16-25(17-14-19)20-6-2-1-3-7-20)18-9-11-21(12-10-18)29(27,28)22-8-4-5-15-24-22/h4-5,8-12,15,19-20H,1-3,6-7,13-14,16-17H2. The second kappa shape index (κ2) is 8.76. The molecule has 0 unspecified atom stereocenters. The lowest BCUT2D eigenvalue weighted by molar-refractivity contribution is 0.0747. The number of carbonyl (C=O) groups excluding carboxylic acids is 1. The van der Waals surface area contributed by atoms with Crippen LogP contribution >= 0.6 is 0 Å². The van der Waals surface area contributed by atoms with Crippen LogP contribution in [0.25, 0.3) is 0 Å². The van der Waals surface area contributed by atoms with Crippen LogP contribution < -0.4 is 0 Å². The predicted molar refractivity (Wildman–Crippen MR) is 112 cm³/mol. The summed E-state index contributed by atoms with van der Waals surface area (Å²) in [6, 6.07) is 11.8. The Bertz CT molecular complexity index is 928. The molecule has 2 fully saturated rings. The van der Waals surface area contributed by atoms with Gasteiger partial charge >= 0.3 is 0 Å². The molecule has 4 rings (SSSR count). The van der Waals surface area contributed by atoms with E-state index in [1.165, 1.54) is 56.5 Å². The summed E-state index contributed by atoms with van der Waals surface area (Å²) in [6.07, 6.45) is 9.86. The molecule has 1 saturated heterocycles. The SMILES string of the molecule is O=C(c1ccc(S(=O)(=O)c2ccccn2)cc1)C1CCN(C2CCCCC2)CC1. The van der Waals surface area contributed by atoms with Crippen LogP contribution in [0.15, 0.2) is 58.6 Å². The van der Waals surface area contributed by atoms with E-state index in [1.54, 1.807) is 24.3 Å². The second-order valence-electron chi connectivity index (χ2n) is 8.16. The van der Waals surface area contributed by atoms with Crippen LogP contribution in [0.4, 0.5) is 0 Å². The van der Waals surface area contributed by atoms with Crippen LogP contribution in [0.1, 0.15) is 55.3 Å². The molecule has 0 amide bonds. The van der Waals surface area contributed by atoms with E-state index >= 15 is 0 Å². The number of aromatic nitrogens is 1. The van der Waals surface area contributed by atoms with Crippen LogP contribution in [0.2, 0.25) is 0 Å². The minimum absolute atomic E-state index is 0.0224. The first-order chi connectivity index (χ1) is 14.1. The molecule has 0 spiro atoms. The molecule has 2 aliphatic rings. The third-order valence-electron chi connectivity index (χ3n) is 6.35. The van der Waals surface area contributed by atoms with E-state index in [4.69, 9.17) is 0 Å². The molecule has 0 radical (unpaired) electrons. The van der Waals surface area contributed by atoms with Gasteiger partial charge in [-0.05, 0) is 63.0 Å². The van der Waals surface area contributed by atoms with E-state index in [0.29, 0.717) is 11.6 Å². The van der Waals surface area contributed by atoms with Gasteiger partial charge in [0.25, 0.3) is 0 Å². The molecule has 0 N–H and O–H groups in total. The first-order valence-corrected chi connectivity index (χ1v) is 12.1. The molecular weight excluding hydrogens is 384 g/mol. The van der Waals surface area contributed by atoms with Crippen LogP contribution in [0, 0.1) is 5.92 Å². The van der Waals surface area contributed by atoms with Crippen LogP contribution in [0.5, 0.6) is 0 Å². The molecule has 0 atom stereocenters. The van der Waals surface area contributed by atoms with E-state index in [0.717, 1.165) is 25.9 Å². The number of pyridine rings is 1. The van der Waals surface area contributed by atoms with Gasteiger partial charge < -0.3 is 4.90 Å². The molecule has 29 heavy (non-hydrogen) atoms. The van der Waals surface area contributed by atoms with Gasteiger partial charge in [0.15, 0.2) is 10.8 Å². The zero-order valence-electron chi connectivity index (χ0n) is 16.7. The minimum atomic E-state index is -3.66. The molecule has 5 nitrogen and oxygen atoms in total. The Morgan fingerprint density at radius 1 is 0.897 bits per heavy atom. The number of hydrogen-bond donors (Lipinski definition) is 0. The zero-order chi connectivity index (χ0) is 20.3. The molecule has 1 aromatic carbocycles. The lowest BCUT2D eigenvalue weighted by Gasteiger charge is -2.39. The first kappa shape index (κ1) is 20.2. The molecule has 6 heteroatoms. The number of rotatable bonds is 5. The number of likely N-dealkylation sites (tertiary alicyclic amines) is 1. The normalized spacial score (nSPS) is 19.9. The number of Topliss-reactive ketones (excluding diaryl/α,β-unsaturated/α-hetero) is 1. The summed E-state index contributed by atoms with van der Waals surface area (Å²) in [5.74, 6) is 0.170. The quantitative estimate of drug-likeness (QED) is 0.691. The van der Waals surface area contributed by atoms with Gasteiger partial charge in [-0.15, -0.1) is 0 Å². The lowest BCUT2D eigenvalue weighted by atomic mass is 9.86. The maximum Gasteiger partial charge on any atom is 0.223 e. The van der Waals surface area contributed by atoms with Gasteiger partial charge in [0.05, 0.1) is 4.90 Å². The van der Waals surface area contributed by atoms with Crippen molar-refractivity contribution in [3.05, 3.63) is 54.2 Å². The van der Waals surface area contributed by atoms with E-state index < -0.39 is 9.84 Å². The summed E-state index contributed by atoms with van der Waals surface area (Å²) in [7, 11) is -3.66. The van der Waals surface area contributed by atoms with Crippen molar-refractivity contribution in [1.82, 2.24) is 9.88 Å². The number of carbonyl (C=O) groups is 1. The van der Waals surface area contributed by atoms with Crippen LogP contribution in [-0.4, -0.2) is 43.2 Å². The molecule has 1 aliphatic heterocycles. The van der Waals surface area contributed by atoms with E-state index in [1.807, 2.05) is 0 Å². The Labute approximate surface area is 173 Å². The molecule has 1 saturated carbocycles. The topological polar surface area (TPSA) is 67.3 Å². The Morgan fingerprint density at radius 3 is 2.21 bits per heavy atom. The van der Waals surface area contributed by atoms with Gasteiger partial charge in [0.2, 0.25) is 9.84 Å². The molecular formula is C23H28N2O3S. The van der Waals surface area contributed by atoms with Gasteiger partial charge in [0, 0.05) is 23.7 Å². The predicted octanol–water partition coefficient (Wildman–Crippen LogP) is 4.14. The summed E-state index contributed by atoms with van der Waals surface area (Å²) in [5, 5.41) is 0.0224. The number of hydrogen-bond acceptors (Lipinski definition) is 5. The van der Waals surface area contributed by atoms with Crippen molar-refractivity contribution in [3.63, 3.8) is 0 Å². The van der Waals surface area contributed by atoms with Gasteiger partial charge in [-0.25, -0.2) is 13.4 Å². The number of nitrogens with zero attached hydrogens (tertiary/aromatic N) is 2. The molecule has 2 aromatic rings. The van der Waals surface area contributed by atoms with Crippen molar-refractivity contribution in [2.45, 2.75) is 60.9 Å². The third kappa shape index (κ3) is 4.43. The highest BCUT2D eigenvalue weighted by atomic mass is 32.2. The van der Waals surface area contributed by atoms with Crippen molar-refractivity contribution in [2.24, 2.45) is 5.92 Å². The Morgan fingerprint density at radius 2 is 1.59 bits per heavy atom. The fourth-order valence-corrected chi connectivity index (χ4v) is 5.83. The number of ketones is 1. The molecule has 2 heterocycles. The van der Waals surface area contributed by atoms with Gasteiger partial charge in [-0.1, -0.05) is 37.5 Å². The van der Waals surface area contributed by atoms with E-state index in [2.05, 4.69) is 9.88 Å². The molecule has 1 aliphatic carbocycles. The van der Waals surface area contributed by atoms with Crippen molar-refractivity contribution in [2.75, 3.05) is 13.1 Å². The summed E-state index contributed by atoms with van der Waals surface area (Å²) < 4.78 is 25.3. The number of benzene rings is 1. The Hall–Kier alpha value is -2.05. The summed E-state index contributed by atoms with van der Waals surface area (Å²) in [5.41, 5.74) is 0.598. The lowest BCUT2D eigenvalue weighted by Crippen LogP contribution is -2.43. The van der Waals surface area contributed by atoms with Crippen molar-refractivity contribution >= 4 is 15.6 Å². The van der Waals surface area contributed by atoms with Crippen LogP contribution in [0.3, 0.4) is 0 Å². The average Bonchev–Trinajstić information content (AvgIpc) is 2.80. The summed E-state index contributed by atoms with van der Waals surface area (Å²) in [6.45, 7) is 1.99. The smallest absolute Gasteiger partial charge is 0.223 e. The summed E-state index contributed by atoms with van der Waals surface area (Å²) in [4.78, 5) is 19.6. The van der Waals surface area contributed by atoms with Crippen molar-refractivity contribution in [1.29, 1.82) is 0 Å². The molecule has 0 bridgehead atoms. The fourth-order valence-electron chi connectivity index (χ4n) is 4.63. The highest BCUT2D eigenvalue weighted by Crippen LogP contribution is 2.29.